The van der Waals surface area contributed by atoms with E-state index in [1.807, 2.05) is 19.2 Å². The third kappa shape index (κ3) is 5.27. The maximum absolute atomic E-state index is 10.6. The minimum Gasteiger partial charge on any atom is -0.469 e. The van der Waals surface area contributed by atoms with Crippen molar-refractivity contribution in [2.75, 3.05) is 19.6 Å². The summed E-state index contributed by atoms with van der Waals surface area (Å²) in [4.78, 5) is 4.47. The molecule has 0 amide bonds. The van der Waals surface area contributed by atoms with Crippen molar-refractivity contribution in [1.29, 1.82) is 0 Å². The van der Waals surface area contributed by atoms with Crippen LogP contribution in [0.3, 0.4) is 0 Å². The quantitative estimate of drug-likeness (QED) is 0.384. The topological polar surface area (TPSA) is 87.6 Å². The summed E-state index contributed by atoms with van der Waals surface area (Å²) < 4.78 is 6.96. The molecule has 3 N–H and O–H groups in total. The molecule has 130 valence electrons. The number of furan rings is 1. The number of hydrogen-bond acceptors (Lipinski definition) is 4. The van der Waals surface area contributed by atoms with Crippen LogP contribution in [-0.2, 0) is 19.1 Å². The number of hydrogen-bond donors (Lipinski definition) is 3. The lowest BCUT2D eigenvalue weighted by atomic mass is 10.0. The van der Waals surface area contributed by atoms with Crippen LogP contribution in [-0.4, -0.2) is 40.5 Å². The van der Waals surface area contributed by atoms with Crippen LogP contribution in [0.25, 0.3) is 0 Å². The van der Waals surface area contributed by atoms with Crippen molar-refractivity contribution >= 4 is 5.96 Å². The second-order valence-corrected chi connectivity index (χ2v) is 5.77. The van der Waals surface area contributed by atoms with Gasteiger partial charge in [0.1, 0.15) is 11.4 Å². The minimum absolute atomic E-state index is 0.214. The first-order valence-corrected chi connectivity index (χ1v) is 7.88. The maximum Gasteiger partial charge on any atom is 0.191 e. The minimum atomic E-state index is -1.09. The number of nitrogens with one attached hydrogen (secondary N) is 2. The summed E-state index contributed by atoms with van der Waals surface area (Å²) >= 11 is 0. The van der Waals surface area contributed by atoms with Gasteiger partial charge in [0.25, 0.3) is 0 Å². The normalized spacial score (nSPS) is 14.2. The molecule has 1 unspecified atom stereocenters. The highest BCUT2D eigenvalue weighted by Gasteiger charge is 2.24. The Kier molecular flexibility index (Phi) is 6.20. The molecule has 0 aliphatic heterocycles. The lowest BCUT2D eigenvalue weighted by molar-refractivity contribution is 0.0672. The summed E-state index contributed by atoms with van der Waals surface area (Å²) in [5, 5.41) is 21.0. The molecule has 2 heterocycles. The number of aliphatic hydroxyl groups is 1. The molecule has 7 heteroatoms. The van der Waals surface area contributed by atoms with E-state index >= 15 is 0 Å². The van der Waals surface area contributed by atoms with E-state index < -0.39 is 5.60 Å². The highest BCUT2D eigenvalue weighted by Crippen LogP contribution is 2.19. The Labute approximate surface area is 142 Å². The summed E-state index contributed by atoms with van der Waals surface area (Å²) in [6.45, 7) is 6.89. The van der Waals surface area contributed by atoms with Crippen molar-refractivity contribution in [3.8, 4) is 0 Å². The fourth-order valence-corrected chi connectivity index (χ4v) is 2.13. The number of aromatic nitrogens is 2. The van der Waals surface area contributed by atoms with E-state index in [1.54, 1.807) is 36.3 Å². The smallest absolute Gasteiger partial charge is 0.191 e. The highest BCUT2D eigenvalue weighted by atomic mass is 16.3. The van der Waals surface area contributed by atoms with E-state index in [9.17, 15) is 5.11 Å². The molecule has 7 nitrogen and oxygen atoms in total. The number of aliphatic imine (C=N–C) groups is 1. The van der Waals surface area contributed by atoms with Crippen LogP contribution in [0.4, 0.5) is 0 Å². The van der Waals surface area contributed by atoms with E-state index in [2.05, 4.69) is 27.3 Å². The van der Waals surface area contributed by atoms with Crippen LogP contribution in [0, 0.1) is 0 Å². The zero-order valence-corrected chi connectivity index (χ0v) is 14.2. The molecule has 0 aromatic carbocycles. The second kappa shape index (κ2) is 8.35. The summed E-state index contributed by atoms with van der Waals surface area (Å²) in [7, 11) is 1.82. The lowest BCUT2D eigenvalue weighted by Gasteiger charge is -2.20. The molecule has 0 saturated heterocycles. The van der Waals surface area contributed by atoms with Gasteiger partial charge in [-0.3, -0.25) is 4.68 Å². The monoisotopic (exact) mass is 331 g/mol. The van der Waals surface area contributed by atoms with E-state index in [0.29, 0.717) is 19.0 Å². The van der Waals surface area contributed by atoms with Gasteiger partial charge in [0.2, 0.25) is 0 Å². The summed E-state index contributed by atoms with van der Waals surface area (Å²) in [5.74, 6) is 1.53. The molecule has 0 aliphatic rings. The Morgan fingerprint density at radius 2 is 2.38 bits per heavy atom. The first-order chi connectivity index (χ1) is 11.5. The van der Waals surface area contributed by atoms with Crippen LogP contribution >= 0.6 is 0 Å². The summed E-state index contributed by atoms with van der Waals surface area (Å²) in [6, 6.07) is 3.80. The largest absolute Gasteiger partial charge is 0.469 e. The van der Waals surface area contributed by atoms with Gasteiger partial charge >= 0.3 is 0 Å². The van der Waals surface area contributed by atoms with Gasteiger partial charge < -0.3 is 20.2 Å². The van der Waals surface area contributed by atoms with Gasteiger partial charge in [-0.2, -0.15) is 5.10 Å². The molecule has 2 aromatic heterocycles. The average molecular weight is 331 g/mol. The Morgan fingerprint density at radius 3 is 3.00 bits per heavy atom. The van der Waals surface area contributed by atoms with E-state index in [-0.39, 0.29) is 6.54 Å². The van der Waals surface area contributed by atoms with Crippen molar-refractivity contribution < 1.29 is 9.52 Å². The van der Waals surface area contributed by atoms with Crippen LogP contribution in [0.1, 0.15) is 18.2 Å². The summed E-state index contributed by atoms with van der Waals surface area (Å²) in [6.07, 6.45) is 7.60. The first kappa shape index (κ1) is 17.8. The number of guanidine groups is 1. The highest BCUT2D eigenvalue weighted by molar-refractivity contribution is 5.80. The standard InChI is InChI=1S/C17H25N5O2/c1-4-8-18-16(19-9-7-15-6-5-10-24-15)20-13-17(2,23)14-11-21-22(3)12-14/h4-6,10-12,23H,1,7-9,13H2,2-3H3,(H2,18,19,20). The van der Waals surface area contributed by atoms with Gasteiger partial charge in [0.05, 0.1) is 19.0 Å². The van der Waals surface area contributed by atoms with Gasteiger partial charge in [-0.25, -0.2) is 4.99 Å². The fourth-order valence-electron chi connectivity index (χ4n) is 2.13. The zero-order chi connectivity index (χ0) is 17.4. The molecule has 0 saturated carbocycles. The Balaban J connectivity index is 1.94. The molecule has 2 rings (SSSR count). The Morgan fingerprint density at radius 1 is 1.54 bits per heavy atom. The molecule has 0 fully saturated rings. The van der Waals surface area contributed by atoms with Crippen LogP contribution in [0.15, 0.2) is 52.9 Å². The van der Waals surface area contributed by atoms with Crippen molar-refractivity contribution in [3.63, 3.8) is 0 Å². The predicted octanol–water partition coefficient (Wildman–Crippen LogP) is 1.18. The number of nitrogens with zero attached hydrogens (tertiary/aromatic N) is 3. The number of aryl methyl sites for hydroxylation is 1. The second-order valence-electron chi connectivity index (χ2n) is 5.77. The fraction of sp³-hybridized carbons (Fsp3) is 0.412. The molecule has 0 radical (unpaired) electrons. The van der Waals surface area contributed by atoms with Crippen molar-refractivity contribution in [3.05, 3.63) is 54.8 Å². The molecule has 24 heavy (non-hydrogen) atoms. The lowest BCUT2D eigenvalue weighted by Crippen LogP contribution is -2.39. The van der Waals surface area contributed by atoms with E-state index in [1.165, 1.54) is 0 Å². The molecule has 2 aromatic rings. The molecular weight excluding hydrogens is 306 g/mol. The zero-order valence-electron chi connectivity index (χ0n) is 14.2. The number of rotatable bonds is 8. The van der Waals surface area contributed by atoms with Crippen LogP contribution in [0.2, 0.25) is 0 Å². The summed E-state index contributed by atoms with van der Waals surface area (Å²) in [5.41, 5.74) is -0.356. The van der Waals surface area contributed by atoms with E-state index in [0.717, 1.165) is 17.7 Å². The van der Waals surface area contributed by atoms with Crippen LogP contribution in [0.5, 0.6) is 0 Å². The molecule has 0 aliphatic carbocycles. The van der Waals surface area contributed by atoms with Gasteiger partial charge in [0, 0.05) is 38.3 Å². The molecular formula is C17H25N5O2. The van der Waals surface area contributed by atoms with Crippen molar-refractivity contribution in [1.82, 2.24) is 20.4 Å². The van der Waals surface area contributed by atoms with Gasteiger partial charge in [0.15, 0.2) is 5.96 Å². The Bertz CT molecular complexity index is 658. The first-order valence-electron chi connectivity index (χ1n) is 7.88. The van der Waals surface area contributed by atoms with E-state index in [4.69, 9.17) is 4.42 Å². The molecule has 1 atom stereocenters. The molecule has 0 spiro atoms. The Hall–Kier alpha value is -2.54. The van der Waals surface area contributed by atoms with Gasteiger partial charge in [-0.1, -0.05) is 6.08 Å². The van der Waals surface area contributed by atoms with Crippen LogP contribution < -0.4 is 10.6 Å². The SMILES string of the molecule is C=CCNC(=NCC(C)(O)c1cnn(C)c1)NCCc1ccco1. The third-order valence-electron chi connectivity index (χ3n) is 3.53. The van der Waals surface area contributed by atoms with Crippen molar-refractivity contribution in [2.45, 2.75) is 18.9 Å². The molecule has 0 bridgehead atoms. The van der Waals surface area contributed by atoms with Gasteiger partial charge in [-0.05, 0) is 19.1 Å². The van der Waals surface area contributed by atoms with Gasteiger partial charge in [-0.15, -0.1) is 6.58 Å². The maximum atomic E-state index is 10.6. The average Bonchev–Trinajstić information content (AvgIpc) is 3.21. The predicted molar refractivity (Wildman–Crippen MR) is 93.7 cm³/mol. The third-order valence-corrected chi connectivity index (χ3v) is 3.53. The van der Waals surface area contributed by atoms with Crippen molar-refractivity contribution in [2.24, 2.45) is 12.0 Å².